The van der Waals surface area contributed by atoms with Gasteiger partial charge in [-0.3, -0.25) is 4.79 Å². The van der Waals surface area contributed by atoms with E-state index in [0.717, 1.165) is 22.0 Å². The quantitative estimate of drug-likeness (QED) is 0.490. The van der Waals surface area contributed by atoms with E-state index in [2.05, 4.69) is 46.8 Å². The Balaban J connectivity index is 1.41. The van der Waals surface area contributed by atoms with Gasteiger partial charge in [0, 0.05) is 17.3 Å². The molecule has 2 N–H and O–H groups in total. The van der Waals surface area contributed by atoms with E-state index < -0.39 is 0 Å². The number of thioether (sulfide) groups is 1. The highest BCUT2D eigenvalue weighted by molar-refractivity contribution is 8.01. The van der Waals surface area contributed by atoms with Crippen LogP contribution in [0.25, 0.3) is 0 Å². The Morgan fingerprint density at radius 1 is 1.11 bits per heavy atom. The molecule has 0 unspecified atom stereocenters. The van der Waals surface area contributed by atoms with Crippen molar-refractivity contribution in [1.82, 2.24) is 15.5 Å². The van der Waals surface area contributed by atoms with Crippen molar-refractivity contribution in [3.63, 3.8) is 0 Å². The monoisotopic (exact) mass is 432 g/mol. The number of hydrogen-bond acceptors (Lipinski definition) is 6. The Kier molecular flexibility index (Phi) is 7.30. The summed E-state index contributed by atoms with van der Waals surface area (Å²) in [4.78, 5) is 12.0. The van der Waals surface area contributed by atoms with Gasteiger partial charge in [0.15, 0.2) is 4.34 Å². The van der Waals surface area contributed by atoms with Crippen molar-refractivity contribution in [1.29, 1.82) is 0 Å². The van der Waals surface area contributed by atoms with Gasteiger partial charge in [0.05, 0.1) is 5.75 Å². The summed E-state index contributed by atoms with van der Waals surface area (Å²) in [5.74, 6) is 0.302. The van der Waals surface area contributed by atoms with Crippen LogP contribution in [0.3, 0.4) is 0 Å². The van der Waals surface area contributed by atoms with Gasteiger partial charge in [-0.15, -0.1) is 10.2 Å². The summed E-state index contributed by atoms with van der Waals surface area (Å²) in [6.45, 7) is 4.75. The van der Waals surface area contributed by atoms with Crippen molar-refractivity contribution in [2.45, 2.75) is 24.6 Å². The Morgan fingerprint density at radius 3 is 2.64 bits per heavy atom. The van der Waals surface area contributed by atoms with Crippen LogP contribution in [-0.2, 0) is 11.2 Å². The van der Waals surface area contributed by atoms with Crippen LogP contribution in [0.4, 0.5) is 10.8 Å². The molecular weight excluding hydrogens is 412 g/mol. The Hall–Kier alpha value is -2.09. The number of carbonyl (C=O) groups excluding carboxylic acids is 1. The number of carbonyl (C=O) groups is 1. The van der Waals surface area contributed by atoms with Gasteiger partial charge in [0.2, 0.25) is 11.0 Å². The first-order chi connectivity index (χ1) is 13.5. The molecule has 1 heterocycles. The first-order valence-electron chi connectivity index (χ1n) is 8.81. The summed E-state index contributed by atoms with van der Waals surface area (Å²) in [6.07, 6.45) is 0.774. The number of hydrogen-bond donors (Lipinski definition) is 2. The number of rotatable bonds is 8. The minimum absolute atomic E-state index is 0.0159. The molecular formula is C20H21ClN4OS2. The second-order valence-corrected chi connectivity index (χ2v) is 8.95. The smallest absolute Gasteiger partial charge is 0.230 e. The molecule has 5 nitrogen and oxygen atoms in total. The SMILES string of the molecule is Cc1ccc(Nc2nnc(SCC(=O)NCCc3ccc(Cl)cc3)s2)cc1C. The lowest BCUT2D eigenvalue weighted by Gasteiger charge is -2.05. The summed E-state index contributed by atoms with van der Waals surface area (Å²) < 4.78 is 0.763. The zero-order valence-corrected chi connectivity index (χ0v) is 18.0. The minimum atomic E-state index is -0.0159. The molecule has 0 aliphatic carbocycles. The second-order valence-electron chi connectivity index (χ2n) is 6.31. The number of amides is 1. The van der Waals surface area contributed by atoms with E-state index in [1.807, 2.05) is 30.3 Å². The lowest BCUT2D eigenvalue weighted by atomic mass is 10.1. The van der Waals surface area contributed by atoms with Crippen LogP contribution in [0, 0.1) is 13.8 Å². The number of benzene rings is 2. The highest BCUT2D eigenvalue weighted by Gasteiger charge is 2.09. The number of aromatic nitrogens is 2. The van der Waals surface area contributed by atoms with E-state index in [4.69, 9.17) is 11.6 Å². The molecule has 28 heavy (non-hydrogen) atoms. The third kappa shape index (κ3) is 6.22. The molecule has 0 fully saturated rings. The summed E-state index contributed by atoms with van der Waals surface area (Å²) in [7, 11) is 0. The molecule has 0 atom stereocenters. The number of halogens is 1. The molecule has 3 aromatic rings. The zero-order valence-electron chi connectivity index (χ0n) is 15.7. The molecule has 0 saturated carbocycles. The van der Waals surface area contributed by atoms with E-state index in [-0.39, 0.29) is 5.91 Å². The van der Waals surface area contributed by atoms with Crippen LogP contribution >= 0.6 is 34.7 Å². The van der Waals surface area contributed by atoms with E-state index in [1.165, 1.54) is 34.2 Å². The summed E-state index contributed by atoms with van der Waals surface area (Å²) in [5.41, 5.74) is 4.60. The van der Waals surface area contributed by atoms with Crippen molar-refractivity contribution in [2.24, 2.45) is 0 Å². The standard InChI is InChI=1S/C20H21ClN4OS2/c1-13-3-8-17(11-14(13)2)23-19-24-25-20(28-19)27-12-18(26)22-10-9-15-4-6-16(21)7-5-15/h3-8,11H,9-10,12H2,1-2H3,(H,22,26)(H,23,24). The summed E-state index contributed by atoms with van der Waals surface area (Å²) in [6, 6.07) is 13.8. The predicted molar refractivity (Wildman–Crippen MR) is 118 cm³/mol. The molecule has 0 bridgehead atoms. The molecule has 0 spiro atoms. The van der Waals surface area contributed by atoms with Crippen molar-refractivity contribution in [2.75, 3.05) is 17.6 Å². The summed E-state index contributed by atoms with van der Waals surface area (Å²) in [5, 5.41) is 15.9. The normalized spacial score (nSPS) is 10.7. The summed E-state index contributed by atoms with van der Waals surface area (Å²) >= 11 is 8.70. The third-order valence-corrected chi connectivity index (χ3v) is 6.36. The van der Waals surface area contributed by atoms with Crippen LogP contribution in [0.5, 0.6) is 0 Å². The maximum atomic E-state index is 12.0. The zero-order chi connectivity index (χ0) is 19.9. The van der Waals surface area contributed by atoms with Gasteiger partial charge in [-0.05, 0) is 61.2 Å². The van der Waals surface area contributed by atoms with Gasteiger partial charge >= 0.3 is 0 Å². The van der Waals surface area contributed by atoms with E-state index in [1.54, 1.807) is 0 Å². The van der Waals surface area contributed by atoms with Gasteiger partial charge in [-0.25, -0.2) is 0 Å². The third-order valence-electron chi connectivity index (χ3n) is 4.14. The average molecular weight is 433 g/mol. The molecule has 8 heteroatoms. The van der Waals surface area contributed by atoms with Crippen molar-refractivity contribution in [3.05, 3.63) is 64.2 Å². The highest BCUT2D eigenvalue weighted by atomic mass is 35.5. The number of nitrogens with zero attached hydrogens (tertiary/aromatic N) is 2. The first kappa shape index (κ1) is 20.6. The Labute approximate surface area is 177 Å². The average Bonchev–Trinajstić information content (AvgIpc) is 3.12. The molecule has 0 saturated heterocycles. The molecule has 1 aromatic heterocycles. The lowest BCUT2D eigenvalue weighted by molar-refractivity contribution is -0.118. The fourth-order valence-electron chi connectivity index (χ4n) is 2.44. The molecule has 146 valence electrons. The van der Waals surface area contributed by atoms with Crippen molar-refractivity contribution >= 4 is 51.4 Å². The molecule has 0 aliphatic heterocycles. The van der Waals surface area contributed by atoms with Gasteiger partial charge in [-0.1, -0.05) is 52.9 Å². The van der Waals surface area contributed by atoms with Crippen LogP contribution < -0.4 is 10.6 Å². The Bertz CT molecular complexity index is 944. The Morgan fingerprint density at radius 2 is 1.89 bits per heavy atom. The fourth-order valence-corrected chi connectivity index (χ4v) is 4.16. The van der Waals surface area contributed by atoms with Crippen LogP contribution in [0.1, 0.15) is 16.7 Å². The molecule has 2 aromatic carbocycles. The number of nitrogens with one attached hydrogen (secondary N) is 2. The topological polar surface area (TPSA) is 66.9 Å². The largest absolute Gasteiger partial charge is 0.355 e. The lowest BCUT2D eigenvalue weighted by Crippen LogP contribution is -2.27. The molecule has 0 aliphatic rings. The van der Waals surface area contributed by atoms with Gasteiger partial charge < -0.3 is 10.6 Å². The molecule has 1 amide bonds. The van der Waals surface area contributed by atoms with Gasteiger partial charge in [-0.2, -0.15) is 0 Å². The number of anilines is 2. The maximum Gasteiger partial charge on any atom is 0.230 e. The van der Waals surface area contributed by atoms with Crippen LogP contribution in [0.15, 0.2) is 46.8 Å². The first-order valence-corrected chi connectivity index (χ1v) is 11.0. The highest BCUT2D eigenvalue weighted by Crippen LogP contribution is 2.28. The van der Waals surface area contributed by atoms with Crippen LogP contribution in [0.2, 0.25) is 5.02 Å². The van der Waals surface area contributed by atoms with Crippen molar-refractivity contribution in [3.8, 4) is 0 Å². The van der Waals surface area contributed by atoms with Gasteiger partial charge in [0.25, 0.3) is 0 Å². The molecule has 3 rings (SSSR count). The van der Waals surface area contributed by atoms with E-state index >= 15 is 0 Å². The second kappa shape index (κ2) is 9.91. The van der Waals surface area contributed by atoms with E-state index in [0.29, 0.717) is 22.5 Å². The maximum absolute atomic E-state index is 12.0. The van der Waals surface area contributed by atoms with E-state index in [9.17, 15) is 4.79 Å². The number of aryl methyl sites for hydroxylation is 2. The van der Waals surface area contributed by atoms with Crippen LogP contribution in [-0.4, -0.2) is 28.4 Å². The fraction of sp³-hybridized carbons (Fsp3) is 0.250. The van der Waals surface area contributed by atoms with Gasteiger partial charge in [0.1, 0.15) is 0 Å². The minimum Gasteiger partial charge on any atom is -0.355 e. The predicted octanol–water partition coefficient (Wildman–Crippen LogP) is 5.00. The molecule has 0 radical (unpaired) electrons. The van der Waals surface area contributed by atoms with Crippen molar-refractivity contribution < 1.29 is 4.79 Å².